The number of rotatable bonds is 6. The number of carbonyl (C=O) groups excluding carboxylic acids is 1. The fourth-order valence-electron chi connectivity index (χ4n) is 2.85. The van der Waals surface area contributed by atoms with Gasteiger partial charge in [0.15, 0.2) is 0 Å². The van der Waals surface area contributed by atoms with Crippen molar-refractivity contribution in [3.63, 3.8) is 0 Å². The molecule has 25 heavy (non-hydrogen) atoms. The van der Waals surface area contributed by atoms with Crippen LogP contribution in [0.1, 0.15) is 54.4 Å². The highest BCUT2D eigenvalue weighted by atomic mass is 19.1. The lowest BCUT2D eigenvalue weighted by Gasteiger charge is -2.18. The summed E-state index contributed by atoms with van der Waals surface area (Å²) in [5.74, 6) is -0.676. The van der Waals surface area contributed by atoms with Crippen LogP contribution in [-0.4, -0.2) is 16.5 Å². The molecule has 0 bridgehead atoms. The SMILES string of the molecule is CCCc1c(C)cc(C(=O)NC(C)C)c(=O)n1Cc1ccc(F)cc1. The number of nitrogens with one attached hydrogen (secondary N) is 1. The average Bonchev–Trinajstić information content (AvgIpc) is 2.55. The average molecular weight is 344 g/mol. The van der Waals surface area contributed by atoms with Gasteiger partial charge in [0.05, 0.1) is 6.54 Å². The van der Waals surface area contributed by atoms with Crippen LogP contribution in [0.15, 0.2) is 35.1 Å². The van der Waals surface area contributed by atoms with Gasteiger partial charge in [0.1, 0.15) is 11.4 Å². The van der Waals surface area contributed by atoms with Crippen LogP contribution >= 0.6 is 0 Å². The fourth-order valence-corrected chi connectivity index (χ4v) is 2.85. The summed E-state index contributed by atoms with van der Waals surface area (Å²) in [6.07, 6.45) is 1.63. The Morgan fingerprint density at radius 2 is 1.88 bits per heavy atom. The van der Waals surface area contributed by atoms with Crippen LogP contribution < -0.4 is 10.9 Å². The molecule has 4 nitrogen and oxygen atoms in total. The minimum absolute atomic E-state index is 0.0481. The molecule has 0 atom stereocenters. The maximum Gasteiger partial charge on any atom is 0.263 e. The number of hydrogen-bond acceptors (Lipinski definition) is 2. The van der Waals surface area contributed by atoms with Crippen molar-refractivity contribution in [1.82, 2.24) is 9.88 Å². The Bertz CT molecular complexity index is 808. The van der Waals surface area contributed by atoms with Gasteiger partial charge in [-0.15, -0.1) is 0 Å². The van der Waals surface area contributed by atoms with E-state index in [0.29, 0.717) is 6.54 Å². The predicted molar refractivity (Wildman–Crippen MR) is 97.5 cm³/mol. The van der Waals surface area contributed by atoms with Crippen molar-refractivity contribution < 1.29 is 9.18 Å². The second kappa shape index (κ2) is 8.10. The first-order chi connectivity index (χ1) is 11.8. The van der Waals surface area contributed by atoms with Crippen molar-refractivity contribution in [3.8, 4) is 0 Å². The number of aromatic nitrogens is 1. The number of carbonyl (C=O) groups is 1. The van der Waals surface area contributed by atoms with E-state index < -0.39 is 0 Å². The molecule has 1 N–H and O–H groups in total. The van der Waals surface area contributed by atoms with Gasteiger partial charge in [-0.2, -0.15) is 0 Å². The van der Waals surface area contributed by atoms with Crippen LogP contribution in [0.5, 0.6) is 0 Å². The number of aryl methyl sites for hydroxylation is 1. The Morgan fingerprint density at radius 3 is 2.44 bits per heavy atom. The Balaban J connectivity index is 2.53. The molecular weight excluding hydrogens is 319 g/mol. The third-order valence-corrected chi connectivity index (χ3v) is 4.02. The summed E-state index contributed by atoms with van der Waals surface area (Å²) in [7, 11) is 0. The van der Waals surface area contributed by atoms with Gasteiger partial charge in [-0.1, -0.05) is 25.5 Å². The first kappa shape index (κ1) is 18.9. The second-order valence-corrected chi connectivity index (χ2v) is 6.58. The Hall–Kier alpha value is -2.43. The van der Waals surface area contributed by atoms with Crippen LogP contribution in [0, 0.1) is 12.7 Å². The van der Waals surface area contributed by atoms with Gasteiger partial charge < -0.3 is 9.88 Å². The van der Waals surface area contributed by atoms with Crippen LogP contribution in [0.4, 0.5) is 4.39 Å². The topological polar surface area (TPSA) is 51.1 Å². The lowest BCUT2D eigenvalue weighted by atomic mass is 10.1. The molecule has 5 heteroatoms. The fraction of sp³-hybridized carbons (Fsp3) is 0.400. The molecular formula is C20H25FN2O2. The molecule has 0 saturated heterocycles. The molecule has 134 valence electrons. The molecule has 1 heterocycles. The van der Waals surface area contributed by atoms with E-state index in [2.05, 4.69) is 5.32 Å². The molecule has 1 aromatic heterocycles. The Kier molecular flexibility index (Phi) is 6.12. The molecule has 0 unspecified atom stereocenters. The zero-order valence-corrected chi connectivity index (χ0v) is 15.2. The minimum Gasteiger partial charge on any atom is -0.350 e. The van der Waals surface area contributed by atoms with E-state index in [1.54, 1.807) is 22.8 Å². The van der Waals surface area contributed by atoms with Crippen LogP contribution in [0.2, 0.25) is 0 Å². The highest BCUT2D eigenvalue weighted by Gasteiger charge is 2.18. The van der Waals surface area contributed by atoms with Crippen molar-refractivity contribution in [2.24, 2.45) is 0 Å². The van der Waals surface area contributed by atoms with Crippen molar-refractivity contribution in [2.45, 2.75) is 53.1 Å². The predicted octanol–water partition coefficient (Wildman–Crippen LogP) is 3.43. The first-order valence-electron chi connectivity index (χ1n) is 8.62. The summed E-state index contributed by atoms with van der Waals surface area (Å²) >= 11 is 0. The third kappa shape index (κ3) is 4.56. The molecule has 0 fully saturated rings. The number of hydrogen-bond donors (Lipinski definition) is 1. The standard InChI is InChI=1S/C20H25FN2O2/c1-5-6-18-14(4)11-17(19(24)22-13(2)3)20(25)23(18)12-15-7-9-16(21)10-8-15/h7-11,13H,5-6,12H2,1-4H3,(H,22,24). The molecule has 2 aromatic rings. The maximum atomic E-state index is 13.1. The molecule has 1 aromatic carbocycles. The molecule has 1 amide bonds. The highest BCUT2D eigenvalue weighted by Crippen LogP contribution is 2.13. The van der Waals surface area contributed by atoms with Crippen LogP contribution in [-0.2, 0) is 13.0 Å². The van der Waals surface area contributed by atoms with Crippen molar-refractivity contribution >= 4 is 5.91 Å². The lowest BCUT2D eigenvalue weighted by molar-refractivity contribution is 0.0941. The monoisotopic (exact) mass is 344 g/mol. The van der Waals surface area contributed by atoms with E-state index in [0.717, 1.165) is 29.7 Å². The molecule has 0 aliphatic carbocycles. The zero-order chi connectivity index (χ0) is 18.6. The molecule has 0 radical (unpaired) electrons. The van der Waals surface area contributed by atoms with Crippen molar-refractivity contribution in [2.75, 3.05) is 0 Å². The van der Waals surface area contributed by atoms with E-state index in [1.165, 1.54) is 12.1 Å². The van der Waals surface area contributed by atoms with E-state index in [-0.39, 0.29) is 28.9 Å². The van der Waals surface area contributed by atoms with E-state index in [4.69, 9.17) is 0 Å². The summed E-state index contributed by atoms with van der Waals surface area (Å²) in [5.41, 5.74) is 2.49. The molecule has 0 spiro atoms. The number of pyridine rings is 1. The van der Waals surface area contributed by atoms with Gasteiger partial charge in [-0.25, -0.2) is 4.39 Å². The van der Waals surface area contributed by atoms with E-state index >= 15 is 0 Å². The Labute approximate surface area is 147 Å². The summed E-state index contributed by atoms with van der Waals surface area (Å²) in [6.45, 7) is 7.99. The summed E-state index contributed by atoms with van der Waals surface area (Å²) in [4.78, 5) is 25.3. The van der Waals surface area contributed by atoms with Crippen molar-refractivity contribution in [1.29, 1.82) is 0 Å². The van der Waals surface area contributed by atoms with E-state index in [9.17, 15) is 14.0 Å². The molecule has 0 aliphatic rings. The van der Waals surface area contributed by atoms with Gasteiger partial charge in [-0.05, 0) is 56.5 Å². The number of halogens is 1. The molecule has 0 saturated carbocycles. The van der Waals surface area contributed by atoms with Crippen LogP contribution in [0.3, 0.4) is 0 Å². The van der Waals surface area contributed by atoms with E-state index in [1.807, 2.05) is 27.7 Å². The summed E-state index contributed by atoms with van der Waals surface area (Å²) in [6, 6.07) is 7.70. The maximum absolute atomic E-state index is 13.1. The number of nitrogens with zero attached hydrogens (tertiary/aromatic N) is 1. The van der Waals surface area contributed by atoms with Gasteiger partial charge in [0.2, 0.25) is 0 Å². The van der Waals surface area contributed by atoms with Gasteiger partial charge in [0.25, 0.3) is 11.5 Å². The zero-order valence-electron chi connectivity index (χ0n) is 15.2. The lowest BCUT2D eigenvalue weighted by Crippen LogP contribution is -2.37. The normalized spacial score (nSPS) is 11.0. The first-order valence-corrected chi connectivity index (χ1v) is 8.62. The number of benzene rings is 1. The van der Waals surface area contributed by atoms with Crippen molar-refractivity contribution in [3.05, 3.63) is 68.9 Å². The van der Waals surface area contributed by atoms with Gasteiger partial charge in [-0.3, -0.25) is 9.59 Å². The summed E-state index contributed by atoms with van der Waals surface area (Å²) < 4.78 is 14.8. The smallest absolute Gasteiger partial charge is 0.263 e. The number of amides is 1. The van der Waals surface area contributed by atoms with Crippen LogP contribution in [0.25, 0.3) is 0 Å². The van der Waals surface area contributed by atoms with Gasteiger partial charge in [0, 0.05) is 11.7 Å². The molecule has 2 rings (SSSR count). The van der Waals surface area contributed by atoms with Gasteiger partial charge >= 0.3 is 0 Å². The highest BCUT2D eigenvalue weighted by molar-refractivity contribution is 5.94. The Morgan fingerprint density at radius 1 is 1.24 bits per heavy atom. The largest absolute Gasteiger partial charge is 0.350 e. The summed E-state index contributed by atoms with van der Waals surface area (Å²) in [5, 5.41) is 2.78. The molecule has 0 aliphatic heterocycles. The minimum atomic E-state index is -0.362. The third-order valence-electron chi connectivity index (χ3n) is 4.02. The second-order valence-electron chi connectivity index (χ2n) is 6.58. The quantitative estimate of drug-likeness (QED) is 0.873.